The second-order valence-electron chi connectivity index (χ2n) is 2.70. The van der Waals surface area contributed by atoms with E-state index in [1.165, 1.54) is 25.7 Å². The lowest BCUT2D eigenvalue weighted by Crippen LogP contribution is -2.37. The van der Waals surface area contributed by atoms with Crippen LogP contribution in [0.5, 0.6) is 0 Å². The Morgan fingerprint density at radius 1 is 1.38 bits per heavy atom. The molecular weight excluding hydrogens is 166 g/mol. The van der Waals surface area contributed by atoms with Crippen molar-refractivity contribution >= 4 is 15.9 Å². The summed E-state index contributed by atoms with van der Waals surface area (Å²) in [6.07, 6.45) is 5.06. The van der Waals surface area contributed by atoms with Crippen LogP contribution in [-0.2, 0) is 0 Å². The minimum atomic E-state index is 0.153. The molecule has 1 aliphatic rings. The second-order valence-corrected chi connectivity index (χ2v) is 3.26. The van der Waals surface area contributed by atoms with Crippen molar-refractivity contribution in [3.05, 3.63) is 0 Å². The topological polar surface area (TPSA) is 26.0 Å². The molecular formula is C6H12BrN. The van der Waals surface area contributed by atoms with Crippen LogP contribution >= 0.6 is 15.9 Å². The van der Waals surface area contributed by atoms with E-state index in [0.29, 0.717) is 0 Å². The maximum Gasteiger partial charge on any atom is 0.0252 e. The van der Waals surface area contributed by atoms with E-state index in [2.05, 4.69) is 15.9 Å². The fourth-order valence-electron chi connectivity index (χ4n) is 1.21. The summed E-state index contributed by atoms with van der Waals surface area (Å²) >= 11 is 3.41. The Balaban J connectivity index is 2.40. The van der Waals surface area contributed by atoms with E-state index in [9.17, 15) is 0 Å². The Kier molecular flexibility index (Phi) is 1.93. The van der Waals surface area contributed by atoms with Crippen molar-refractivity contribution in [2.24, 2.45) is 5.73 Å². The highest BCUT2D eigenvalue weighted by Gasteiger charge is 2.27. The molecule has 1 saturated carbocycles. The number of nitrogens with two attached hydrogens (primary N) is 1. The van der Waals surface area contributed by atoms with Gasteiger partial charge in [0.2, 0.25) is 0 Å². The van der Waals surface area contributed by atoms with Crippen LogP contribution in [0.25, 0.3) is 0 Å². The smallest absolute Gasteiger partial charge is 0.0252 e. The van der Waals surface area contributed by atoms with Crippen LogP contribution in [0.15, 0.2) is 0 Å². The van der Waals surface area contributed by atoms with E-state index >= 15 is 0 Å². The van der Waals surface area contributed by atoms with Gasteiger partial charge >= 0.3 is 0 Å². The first-order valence-electron chi connectivity index (χ1n) is 3.12. The van der Waals surface area contributed by atoms with Crippen molar-refractivity contribution in [3.63, 3.8) is 0 Å². The predicted molar refractivity (Wildman–Crippen MR) is 39.2 cm³/mol. The largest absolute Gasteiger partial charge is 0.324 e. The van der Waals surface area contributed by atoms with E-state index in [1.807, 2.05) is 0 Å². The fraction of sp³-hybridized carbons (Fsp3) is 1.00. The molecule has 1 aliphatic carbocycles. The molecule has 48 valence electrons. The molecule has 0 bridgehead atoms. The van der Waals surface area contributed by atoms with Crippen LogP contribution < -0.4 is 5.73 Å². The maximum absolute atomic E-state index is 5.91. The maximum atomic E-state index is 5.91. The molecule has 0 spiro atoms. The molecule has 2 N–H and O–H groups in total. The zero-order chi connectivity index (χ0) is 6.04. The average Bonchev–Trinajstić information content (AvgIpc) is 2.17. The third-order valence-corrected chi connectivity index (χ3v) is 2.98. The molecule has 1 nitrogen and oxygen atoms in total. The fourth-order valence-corrected chi connectivity index (χ4v) is 1.77. The van der Waals surface area contributed by atoms with Gasteiger partial charge in [-0.25, -0.2) is 0 Å². The molecule has 0 aromatic heterocycles. The van der Waals surface area contributed by atoms with Gasteiger partial charge in [0.25, 0.3) is 0 Å². The Bertz CT molecular complexity index is 76.6. The van der Waals surface area contributed by atoms with E-state index in [1.54, 1.807) is 0 Å². The number of hydrogen-bond donors (Lipinski definition) is 1. The van der Waals surface area contributed by atoms with Crippen LogP contribution in [0.3, 0.4) is 0 Å². The summed E-state index contributed by atoms with van der Waals surface area (Å²) in [7, 11) is 0. The summed E-state index contributed by atoms with van der Waals surface area (Å²) in [6.45, 7) is 0. The van der Waals surface area contributed by atoms with Gasteiger partial charge in [0.05, 0.1) is 0 Å². The van der Waals surface area contributed by atoms with E-state index in [4.69, 9.17) is 5.73 Å². The first kappa shape index (κ1) is 6.56. The first-order chi connectivity index (χ1) is 3.77. The molecule has 0 aliphatic heterocycles. The Hall–Kier alpha value is 0.440. The van der Waals surface area contributed by atoms with Gasteiger partial charge in [0, 0.05) is 10.9 Å². The van der Waals surface area contributed by atoms with Crippen molar-refractivity contribution < 1.29 is 0 Å². The van der Waals surface area contributed by atoms with Crippen molar-refractivity contribution in [1.82, 2.24) is 0 Å². The molecule has 1 fully saturated rings. The van der Waals surface area contributed by atoms with E-state index in [-0.39, 0.29) is 5.54 Å². The SMILES string of the molecule is NC1(CBr)CCCC1. The van der Waals surface area contributed by atoms with Crippen molar-refractivity contribution in [1.29, 1.82) is 0 Å². The monoisotopic (exact) mass is 177 g/mol. The molecule has 0 atom stereocenters. The standard InChI is InChI=1S/C6H12BrN/c7-5-6(8)3-1-2-4-6/h1-5,8H2. The lowest BCUT2D eigenvalue weighted by molar-refractivity contribution is 0.500. The van der Waals surface area contributed by atoms with Gasteiger partial charge in [0.15, 0.2) is 0 Å². The first-order valence-corrected chi connectivity index (χ1v) is 4.24. The van der Waals surface area contributed by atoms with Gasteiger partial charge in [-0.15, -0.1) is 0 Å². The normalized spacial score (nSPS) is 26.2. The summed E-state index contributed by atoms with van der Waals surface area (Å²) in [5, 5.41) is 0.972. The van der Waals surface area contributed by atoms with Crippen LogP contribution in [0.2, 0.25) is 0 Å². The van der Waals surface area contributed by atoms with Crippen LogP contribution in [0.1, 0.15) is 25.7 Å². The molecule has 8 heavy (non-hydrogen) atoms. The molecule has 0 unspecified atom stereocenters. The van der Waals surface area contributed by atoms with Crippen molar-refractivity contribution in [2.45, 2.75) is 31.2 Å². The van der Waals surface area contributed by atoms with Gasteiger partial charge in [-0.2, -0.15) is 0 Å². The second kappa shape index (κ2) is 2.36. The molecule has 2 heteroatoms. The molecule has 1 rings (SSSR count). The average molecular weight is 178 g/mol. The van der Waals surface area contributed by atoms with Crippen LogP contribution in [0.4, 0.5) is 0 Å². The highest BCUT2D eigenvalue weighted by atomic mass is 79.9. The third kappa shape index (κ3) is 1.23. The molecule has 0 heterocycles. The summed E-state index contributed by atoms with van der Waals surface area (Å²) < 4.78 is 0. The number of rotatable bonds is 1. The predicted octanol–water partition coefficient (Wildman–Crippen LogP) is 1.65. The third-order valence-electron chi connectivity index (χ3n) is 1.87. The van der Waals surface area contributed by atoms with Gasteiger partial charge < -0.3 is 5.73 Å². The van der Waals surface area contributed by atoms with Gasteiger partial charge in [-0.05, 0) is 12.8 Å². The Morgan fingerprint density at radius 2 is 1.88 bits per heavy atom. The van der Waals surface area contributed by atoms with E-state index < -0.39 is 0 Å². The Labute approximate surface area is 58.8 Å². The zero-order valence-electron chi connectivity index (χ0n) is 4.99. The highest BCUT2D eigenvalue weighted by Crippen LogP contribution is 2.28. The summed E-state index contributed by atoms with van der Waals surface area (Å²) in [5.41, 5.74) is 6.06. The summed E-state index contributed by atoms with van der Waals surface area (Å²) in [6, 6.07) is 0. The quantitative estimate of drug-likeness (QED) is 0.607. The summed E-state index contributed by atoms with van der Waals surface area (Å²) in [4.78, 5) is 0. The minimum Gasteiger partial charge on any atom is -0.324 e. The van der Waals surface area contributed by atoms with Crippen molar-refractivity contribution in [3.8, 4) is 0 Å². The molecule has 0 saturated heterocycles. The van der Waals surface area contributed by atoms with Gasteiger partial charge in [-0.3, -0.25) is 0 Å². The Morgan fingerprint density at radius 3 is 2.12 bits per heavy atom. The zero-order valence-corrected chi connectivity index (χ0v) is 6.58. The van der Waals surface area contributed by atoms with Gasteiger partial charge in [-0.1, -0.05) is 28.8 Å². The van der Waals surface area contributed by atoms with Crippen LogP contribution in [-0.4, -0.2) is 10.9 Å². The molecule has 0 radical (unpaired) electrons. The molecule has 0 amide bonds. The number of halogens is 1. The van der Waals surface area contributed by atoms with E-state index in [0.717, 1.165) is 5.33 Å². The van der Waals surface area contributed by atoms with Crippen LogP contribution in [0, 0.1) is 0 Å². The summed E-state index contributed by atoms with van der Waals surface area (Å²) in [5.74, 6) is 0. The lowest BCUT2D eigenvalue weighted by atomic mass is 10.0. The van der Waals surface area contributed by atoms with Crippen molar-refractivity contribution in [2.75, 3.05) is 5.33 Å². The lowest BCUT2D eigenvalue weighted by Gasteiger charge is -2.18. The van der Waals surface area contributed by atoms with Gasteiger partial charge in [0.1, 0.15) is 0 Å². The minimum absolute atomic E-state index is 0.153. The number of alkyl halides is 1. The highest BCUT2D eigenvalue weighted by molar-refractivity contribution is 9.09. The number of hydrogen-bond acceptors (Lipinski definition) is 1. The molecule has 0 aromatic carbocycles. The molecule has 0 aromatic rings.